The van der Waals surface area contributed by atoms with Gasteiger partial charge in [0.25, 0.3) is 6.43 Å². The lowest BCUT2D eigenvalue weighted by molar-refractivity contribution is -0.128. The van der Waals surface area contributed by atoms with Gasteiger partial charge in [0.15, 0.2) is 5.78 Å². The molecule has 0 spiro atoms. The van der Waals surface area contributed by atoms with E-state index in [1.165, 1.54) is 15.9 Å². The minimum Gasteiger partial charge on any atom is -0.497 e. The number of amides is 1. The maximum absolute atomic E-state index is 13.3. The third-order valence-corrected chi connectivity index (χ3v) is 7.86. The normalized spacial score (nSPS) is 12.5. The van der Waals surface area contributed by atoms with Crippen molar-refractivity contribution in [1.29, 1.82) is 0 Å². The van der Waals surface area contributed by atoms with Crippen molar-refractivity contribution in [3.63, 3.8) is 0 Å². The van der Waals surface area contributed by atoms with E-state index in [0.29, 0.717) is 17.0 Å². The lowest BCUT2D eigenvalue weighted by Crippen LogP contribution is -2.38. The smallest absolute Gasteiger partial charge is 0.282 e. The number of ether oxygens (including phenoxy) is 1. The summed E-state index contributed by atoms with van der Waals surface area (Å²) in [5, 5.41) is 7.87. The molecular weight excluding hydrogens is 468 g/mol. The first kappa shape index (κ1) is 26.3. The predicted octanol–water partition coefficient (Wildman–Crippen LogP) is 4.35. The topological polar surface area (TPSA) is 73.2 Å². The highest BCUT2D eigenvalue weighted by Crippen LogP contribution is 2.21. The van der Waals surface area contributed by atoms with Crippen molar-refractivity contribution in [1.82, 2.24) is 15.1 Å². The summed E-state index contributed by atoms with van der Waals surface area (Å²) in [5.41, 5.74) is 1.51. The van der Waals surface area contributed by atoms with Gasteiger partial charge in [-0.3, -0.25) is 14.3 Å². The summed E-state index contributed by atoms with van der Waals surface area (Å²) in [6.45, 7) is 8.10. The monoisotopic (exact) mass is 499 g/mol. The van der Waals surface area contributed by atoms with Gasteiger partial charge in [0.2, 0.25) is 5.91 Å². The Bertz CT molecular complexity index is 1170. The molecule has 0 aliphatic heterocycles. The molecule has 1 heterocycles. The molecule has 3 aromatic rings. The van der Waals surface area contributed by atoms with Gasteiger partial charge < -0.3 is 10.1 Å². The van der Waals surface area contributed by atoms with Crippen LogP contribution in [0.4, 0.5) is 8.78 Å². The molecule has 0 fully saturated rings. The number of methoxy groups -OCH3 is 1. The Hall–Kier alpha value is -3.33. The van der Waals surface area contributed by atoms with Gasteiger partial charge in [-0.1, -0.05) is 61.2 Å². The lowest BCUT2D eigenvalue weighted by Gasteiger charge is -2.20. The first-order chi connectivity index (χ1) is 16.5. The molecule has 2 aromatic carbocycles. The number of nitrogens with zero attached hydrogens (tertiary/aromatic N) is 2. The van der Waals surface area contributed by atoms with Crippen molar-refractivity contribution in [3.8, 4) is 5.75 Å². The zero-order valence-corrected chi connectivity index (χ0v) is 21.6. The van der Waals surface area contributed by atoms with Crippen LogP contribution >= 0.6 is 0 Å². The van der Waals surface area contributed by atoms with Crippen LogP contribution in [-0.4, -0.2) is 36.7 Å². The highest BCUT2D eigenvalue weighted by molar-refractivity contribution is 6.88. The number of carbonyl (C=O) groups excluding carboxylic acids is 2. The predicted molar refractivity (Wildman–Crippen MR) is 134 cm³/mol. The van der Waals surface area contributed by atoms with E-state index in [0.717, 1.165) is 5.56 Å². The van der Waals surface area contributed by atoms with Crippen molar-refractivity contribution in [2.24, 2.45) is 0 Å². The number of carbonyl (C=O) groups is 2. The first-order valence-corrected chi connectivity index (χ1v) is 14.9. The van der Waals surface area contributed by atoms with E-state index in [2.05, 4.69) is 42.2 Å². The summed E-state index contributed by atoms with van der Waals surface area (Å²) in [7, 11) is 0.0874. The Labute approximate surface area is 205 Å². The quantitative estimate of drug-likeness (QED) is 0.421. The van der Waals surface area contributed by atoms with Crippen LogP contribution in [0.15, 0.2) is 54.6 Å². The summed E-state index contributed by atoms with van der Waals surface area (Å²) in [5.74, 6) is -0.0603. The summed E-state index contributed by atoms with van der Waals surface area (Å²) >= 11 is 0. The van der Waals surface area contributed by atoms with Crippen molar-refractivity contribution in [2.45, 2.75) is 52.0 Å². The molecule has 0 aliphatic rings. The molecule has 0 aliphatic carbocycles. The van der Waals surface area contributed by atoms with E-state index < -0.39 is 26.4 Å². The van der Waals surface area contributed by atoms with E-state index in [1.807, 2.05) is 12.1 Å². The van der Waals surface area contributed by atoms with Crippen LogP contribution in [0.1, 0.15) is 35.0 Å². The Morgan fingerprint density at radius 1 is 1.06 bits per heavy atom. The third kappa shape index (κ3) is 6.85. The zero-order valence-electron chi connectivity index (χ0n) is 20.6. The Kier molecular flexibility index (Phi) is 8.21. The summed E-state index contributed by atoms with van der Waals surface area (Å²) in [4.78, 5) is 26.2. The molecule has 0 radical (unpaired) electrons. The number of Topliss-reactive ketones (excluding diaryl/α,β-unsaturated/α-hetero) is 1. The standard InChI is InChI=1S/C26H31F2N3O3Si/c1-17-14-22(26(27)28)30-31(17)16-24(33)29-25(19-8-10-20(34-2)11-9-19)23(32)15-18-6-12-21(13-7-18)35(3,4)5/h6-14,25-26H,15-16H2,1-5H3,(H,29,33). The van der Waals surface area contributed by atoms with Crippen molar-refractivity contribution >= 4 is 25.0 Å². The number of ketones is 1. The number of rotatable bonds is 10. The minimum atomic E-state index is -2.72. The highest BCUT2D eigenvalue weighted by atomic mass is 28.3. The van der Waals surface area contributed by atoms with Gasteiger partial charge in [-0.05, 0) is 36.2 Å². The molecule has 0 saturated carbocycles. The van der Waals surface area contributed by atoms with Crippen LogP contribution in [0.2, 0.25) is 19.6 Å². The van der Waals surface area contributed by atoms with Gasteiger partial charge >= 0.3 is 0 Å². The van der Waals surface area contributed by atoms with Crippen LogP contribution in [0.25, 0.3) is 0 Å². The molecule has 1 N–H and O–H groups in total. The molecule has 3 rings (SSSR count). The van der Waals surface area contributed by atoms with Gasteiger partial charge in [-0.15, -0.1) is 0 Å². The molecule has 1 atom stereocenters. The molecular formula is C26H31F2N3O3Si. The van der Waals surface area contributed by atoms with Crippen molar-refractivity contribution in [3.05, 3.63) is 77.1 Å². The largest absolute Gasteiger partial charge is 0.497 e. The minimum absolute atomic E-state index is 0.138. The number of alkyl halides is 2. The molecule has 35 heavy (non-hydrogen) atoms. The number of hydrogen-bond acceptors (Lipinski definition) is 4. The summed E-state index contributed by atoms with van der Waals surface area (Å²) < 4.78 is 32.3. The molecule has 0 bridgehead atoms. The van der Waals surface area contributed by atoms with E-state index in [9.17, 15) is 18.4 Å². The number of benzene rings is 2. The van der Waals surface area contributed by atoms with Crippen LogP contribution in [-0.2, 0) is 22.6 Å². The van der Waals surface area contributed by atoms with Crippen molar-refractivity contribution < 1.29 is 23.1 Å². The maximum Gasteiger partial charge on any atom is 0.282 e. The van der Waals surface area contributed by atoms with Crippen LogP contribution < -0.4 is 15.2 Å². The molecule has 0 saturated heterocycles. The van der Waals surface area contributed by atoms with Gasteiger partial charge in [0.1, 0.15) is 24.0 Å². The number of halogens is 2. The summed E-state index contributed by atoms with van der Waals surface area (Å²) in [6.07, 6.45) is -2.58. The zero-order chi connectivity index (χ0) is 25.8. The number of aromatic nitrogens is 2. The Balaban J connectivity index is 1.80. The highest BCUT2D eigenvalue weighted by Gasteiger charge is 2.24. The fraction of sp³-hybridized carbons (Fsp3) is 0.346. The average Bonchev–Trinajstić information content (AvgIpc) is 3.17. The molecule has 1 unspecified atom stereocenters. The fourth-order valence-electron chi connectivity index (χ4n) is 3.72. The molecule has 186 valence electrons. The van der Waals surface area contributed by atoms with Gasteiger partial charge in [0.05, 0.1) is 15.2 Å². The first-order valence-electron chi connectivity index (χ1n) is 11.4. The van der Waals surface area contributed by atoms with Crippen LogP contribution in [0, 0.1) is 6.92 Å². The molecule has 6 nitrogen and oxygen atoms in total. The second-order valence-corrected chi connectivity index (χ2v) is 14.6. The van der Waals surface area contributed by atoms with Gasteiger partial charge in [-0.2, -0.15) is 5.10 Å². The number of hydrogen-bond donors (Lipinski definition) is 1. The number of nitrogens with one attached hydrogen (secondary N) is 1. The van der Waals surface area contributed by atoms with E-state index in [-0.39, 0.29) is 24.4 Å². The van der Waals surface area contributed by atoms with Crippen LogP contribution in [0.3, 0.4) is 0 Å². The fourth-order valence-corrected chi connectivity index (χ4v) is 4.88. The van der Waals surface area contributed by atoms with Crippen LogP contribution in [0.5, 0.6) is 5.75 Å². The van der Waals surface area contributed by atoms with Gasteiger partial charge in [0, 0.05) is 12.1 Å². The third-order valence-electron chi connectivity index (χ3n) is 5.79. The van der Waals surface area contributed by atoms with E-state index in [4.69, 9.17) is 4.74 Å². The SMILES string of the molecule is COc1ccc(C(NC(=O)Cn2nc(C(F)F)cc2C)C(=O)Cc2ccc([Si](C)(C)C)cc2)cc1. The molecule has 9 heteroatoms. The lowest BCUT2D eigenvalue weighted by atomic mass is 9.97. The molecule has 1 aromatic heterocycles. The maximum atomic E-state index is 13.3. The van der Waals surface area contributed by atoms with Crippen molar-refractivity contribution in [2.75, 3.05) is 7.11 Å². The molecule has 1 amide bonds. The second kappa shape index (κ2) is 10.9. The average molecular weight is 500 g/mol. The van der Waals surface area contributed by atoms with E-state index in [1.54, 1.807) is 38.3 Å². The Morgan fingerprint density at radius 2 is 1.69 bits per heavy atom. The number of aryl methyl sites for hydroxylation is 1. The Morgan fingerprint density at radius 3 is 2.20 bits per heavy atom. The van der Waals surface area contributed by atoms with E-state index >= 15 is 0 Å². The summed E-state index contributed by atoms with van der Waals surface area (Å²) in [6, 6.07) is 15.3. The van der Waals surface area contributed by atoms with Gasteiger partial charge in [-0.25, -0.2) is 8.78 Å². The second-order valence-electron chi connectivity index (χ2n) is 9.53.